The Kier molecular flexibility index (Phi) is 4.05. The first kappa shape index (κ1) is 11.9. The van der Waals surface area contributed by atoms with Crippen molar-refractivity contribution >= 4 is 17.6 Å². The summed E-state index contributed by atoms with van der Waals surface area (Å²) in [6, 6.07) is 4.08. The van der Waals surface area contributed by atoms with Crippen molar-refractivity contribution < 1.29 is 19.0 Å². The summed E-state index contributed by atoms with van der Waals surface area (Å²) in [5.74, 6) is -1.58. The zero-order chi connectivity index (χ0) is 11.4. The quantitative estimate of drug-likeness (QED) is 0.865. The zero-order valence-electron chi connectivity index (χ0n) is 8.04. The minimum absolute atomic E-state index is 0.0206. The van der Waals surface area contributed by atoms with E-state index in [-0.39, 0.29) is 11.4 Å². The van der Waals surface area contributed by atoms with Gasteiger partial charge in [-0.25, -0.2) is 9.18 Å². The average Bonchev–Trinajstić information content (AvgIpc) is 2.19. The van der Waals surface area contributed by atoms with Gasteiger partial charge in [0.2, 0.25) is 0 Å². The Balaban J connectivity index is 2.80. The number of aliphatic carboxylic acids is 1. The molecule has 0 bridgehead atoms. The van der Waals surface area contributed by atoms with Gasteiger partial charge in [-0.2, -0.15) is 0 Å². The van der Waals surface area contributed by atoms with E-state index < -0.39 is 17.9 Å². The lowest BCUT2D eigenvalue weighted by Crippen LogP contribution is -2.24. The van der Waals surface area contributed by atoms with E-state index in [1.807, 2.05) is 0 Å². The first-order valence-electron chi connectivity index (χ1n) is 4.24. The van der Waals surface area contributed by atoms with Crippen LogP contribution in [-0.4, -0.2) is 24.3 Å². The van der Waals surface area contributed by atoms with Gasteiger partial charge in [0.1, 0.15) is 5.82 Å². The number of rotatable bonds is 4. The molecule has 0 fully saturated rings. The van der Waals surface area contributed by atoms with Crippen LogP contribution in [0.1, 0.15) is 5.56 Å². The Morgan fingerprint density at radius 1 is 1.67 bits per heavy atom. The zero-order valence-corrected chi connectivity index (χ0v) is 8.79. The van der Waals surface area contributed by atoms with E-state index in [0.717, 1.165) is 0 Å². The number of ether oxygens (including phenoxy) is 1. The Hall–Kier alpha value is -1.13. The molecule has 1 aromatic carbocycles. The lowest BCUT2D eigenvalue weighted by atomic mass is 10.1. The Bertz CT molecular complexity index is 368. The molecule has 0 spiro atoms. The second-order valence-corrected chi connectivity index (χ2v) is 3.42. The van der Waals surface area contributed by atoms with Crippen molar-refractivity contribution in [1.82, 2.24) is 0 Å². The highest BCUT2D eigenvalue weighted by Crippen LogP contribution is 2.17. The van der Waals surface area contributed by atoms with Crippen molar-refractivity contribution in [3.8, 4) is 0 Å². The summed E-state index contributed by atoms with van der Waals surface area (Å²) in [6.07, 6.45) is -0.780. The van der Waals surface area contributed by atoms with E-state index in [4.69, 9.17) is 21.4 Å². The first-order valence-corrected chi connectivity index (χ1v) is 4.62. The molecular weight excluding hydrogens is 223 g/mol. The summed E-state index contributed by atoms with van der Waals surface area (Å²) in [6.45, 7) is 0. The van der Waals surface area contributed by atoms with Crippen LogP contribution in [0.2, 0.25) is 5.02 Å². The third-order valence-electron chi connectivity index (χ3n) is 1.97. The van der Waals surface area contributed by atoms with Crippen LogP contribution in [0.5, 0.6) is 0 Å². The van der Waals surface area contributed by atoms with Crippen molar-refractivity contribution in [2.24, 2.45) is 0 Å². The number of carbonyl (C=O) groups is 1. The summed E-state index contributed by atoms with van der Waals surface area (Å²) in [5, 5.41) is 8.71. The van der Waals surface area contributed by atoms with Gasteiger partial charge in [0.15, 0.2) is 6.10 Å². The number of methoxy groups -OCH3 is 1. The van der Waals surface area contributed by atoms with Crippen LogP contribution in [-0.2, 0) is 16.0 Å². The fourth-order valence-corrected chi connectivity index (χ4v) is 1.36. The molecule has 1 aromatic rings. The van der Waals surface area contributed by atoms with Crippen molar-refractivity contribution in [2.45, 2.75) is 12.5 Å². The fourth-order valence-electron chi connectivity index (χ4n) is 1.15. The SMILES string of the molecule is COC(Cc1ccc(F)c(Cl)c1)C(=O)O. The van der Waals surface area contributed by atoms with Gasteiger partial charge in [-0.1, -0.05) is 17.7 Å². The monoisotopic (exact) mass is 232 g/mol. The van der Waals surface area contributed by atoms with Crippen LogP contribution >= 0.6 is 11.6 Å². The molecule has 0 aliphatic carbocycles. The van der Waals surface area contributed by atoms with Gasteiger partial charge in [0.25, 0.3) is 0 Å². The van der Waals surface area contributed by atoms with Crippen LogP contribution in [0.4, 0.5) is 4.39 Å². The topological polar surface area (TPSA) is 46.5 Å². The number of hydrogen-bond acceptors (Lipinski definition) is 2. The maximum Gasteiger partial charge on any atom is 0.333 e. The molecule has 0 radical (unpaired) electrons. The second kappa shape index (κ2) is 5.09. The Labute approximate surface area is 91.4 Å². The molecule has 0 saturated carbocycles. The summed E-state index contributed by atoms with van der Waals surface area (Å²) in [7, 11) is 1.31. The van der Waals surface area contributed by atoms with Crippen molar-refractivity contribution in [3.63, 3.8) is 0 Å². The molecule has 1 unspecified atom stereocenters. The summed E-state index contributed by atoms with van der Waals surface area (Å²) >= 11 is 5.56. The normalized spacial score (nSPS) is 12.5. The molecule has 1 rings (SSSR count). The highest BCUT2D eigenvalue weighted by Gasteiger charge is 2.17. The van der Waals surface area contributed by atoms with Crippen LogP contribution in [0, 0.1) is 5.82 Å². The molecule has 3 nitrogen and oxygen atoms in total. The largest absolute Gasteiger partial charge is 0.479 e. The molecule has 1 N–H and O–H groups in total. The van der Waals surface area contributed by atoms with Gasteiger partial charge in [0, 0.05) is 13.5 Å². The number of carboxylic acids is 1. The van der Waals surface area contributed by atoms with Crippen molar-refractivity contribution in [2.75, 3.05) is 7.11 Å². The average molecular weight is 233 g/mol. The molecule has 0 aromatic heterocycles. The lowest BCUT2D eigenvalue weighted by molar-refractivity contribution is -0.148. The summed E-state index contributed by atoms with van der Waals surface area (Å²) < 4.78 is 17.5. The molecule has 0 saturated heterocycles. The minimum Gasteiger partial charge on any atom is -0.479 e. The van der Waals surface area contributed by atoms with Crippen molar-refractivity contribution in [3.05, 3.63) is 34.6 Å². The Morgan fingerprint density at radius 2 is 2.33 bits per heavy atom. The highest BCUT2D eigenvalue weighted by atomic mass is 35.5. The van der Waals surface area contributed by atoms with Gasteiger partial charge < -0.3 is 9.84 Å². The van der Waals surface area contributed by atoms with Gasteiger partial charge in [0.05, 0.1) is 5.02 Å². The maximum atomic E-state index is 12.8. The number of carboxylic acid groups (broad SMARTS) is 1. The highest BCUT2D eigenvalue weighted by molar-refractivity contribution is 6.30. The number of benzene rings is 1. The predicted molar refractivity (Wildman–Crippen MR) is 53.5 cm³/mol. The van der Waals surface area contributed by atoms with Crippen LogP contribution in [0.25, 0.3) is 0 Å². The third-order valence-corrected chi connectivity index (χ3v) is 2.25. The summed E-state index contributed by atoms with van der Waals surface area (Å²) in [5.41, 5.74) is 0.621. The van der Waals surface area contributed by atoms with E-state index in [1.165, 1.54) is 25.3 Å². The third kappa shape index (κ3) is 3.18. The van der Waals surface area contributed by atoms with E-state index in [0.29, 0.717) is 5.56 Å². The smallest absolute Gasteiger partial charge is 0.333 e. The maximum absolute atomic E-state index is 12.8. The van der Waals surface area contributed by atoms with E-state index in [2.05, 4.69) is 0 Å². The molecule has 0 amide bonds. The fraction of sp³-hybridized carbons (Fsp3) is 0.300. The molecule has 82 valence electrons. The summed E-state index contributed by atoms with van der Waals surface area (Å²) in [4.78, 5) is 10.7. The van der Waals surface area contributed by atoms with Crippen LogP contribution in [0.15, 0.2) is 18.2 Å². The minimum atomic E-state index is -1.06. The van der Waals surface area contributed by atoms with E-state index >= 15 is 0 Å². The van der Waals surface area contributed by atoms with E-state index in [1.54, 1.807) is 0 Å². The molecule has 0 heterocycles. The number of hydrogen-bond donors (Lipinski definition) is 1. The molecule has 1 atom stereocenters. The van der Waals surface area contributed by atoms with Crippen LogP contribution < -0.4 is 0 Å². The predicted octanol–water partition coefficient (Wildman–Crippen LogP) is 2.12. The molecular formula is C10H10ClFO3. The van der Waals surface area contributed by atoms with Gasteiger partial charge in [-0.05, 0) is 17.7 Å². The number of halogens is 2. The second-order valence-electron chi connectivity index (χ2n) is 3.02. The molecule has 0 aliphatic heterocycles. The van der Waals surface area contributed by atoms with Crippen molar-refractivity contribution in [1.29, 1.82) is 0 Å². The van der Waals surface area contributed by atoms with E-state index in [9.17, 15) is 9.18 Å². The van der Waals surface area contributed by atoms with Crippen LogP contribution in [0.3, 0.4) is 0 Å². The van der Waals surface area contributed by atoms with Gasteiger partial charge in [-0.3, -0.25) is 0 Å². The Morgan fingerprint density at radius 3 is 2.80 bits per heavy atom. The molecule has 15 heavy (non-hydrogen) atoms. The standard InChI is InChI=1S/C10H10ClFO3/c1-15-9(10(13)14)5-6-2-3-8(12)7(11)4-6/h2-4,9H,5H2,1H3,(H,13,14). The van der Waals surface area contributed by atoms with Gasteiger partial charge >= 0.3 is 5.97 Å². The van der Waals surface area contributed by atoms with Gasteiger partial charge in [-0.15, -0.1) is 0 Å². The first-order chi connectivity index (χ1) is 7.04. The molecule has 0 aliphatic rings. The molecule has 5 heteroatoms. The lowest BCUT2D eigenvalue weighted by Gasteiger charge is -2.10.